The molecule has 4 unspecified atom stereocenters. The Morgan fingerprint density at radius 3 is 2.21 bits per heavy atom. The fourth-order valence-electron chi connectivity index (χ4n) is 4.28. The van der Waals surface area contributed by atoms with Crippen LogP contribution in [0.5, 0.6) is 0 Å². The summed E-state index contributed by atoms with van der Waals surface area (Å²) in [4.78, 5) is 25.3. The fraction of sp³-hybridized carbons (Fsp3) is 0.619. The third-order valence-electron chi connectivity index (χ3n) is 5.91. The Bertz CT molecular complexity index is 609. The van der Waals surface area contributed by atoms with Crippen molar-refractivity contribution in [1.29, 1.82) is 0 Å². The molecule has 1 aliphatic carbocycles. The molecule has 1 aromatic carbocycles. The first-order chi connectivity index (χ1) is 11.3. The van der Waals surface area contributed by atoms with Crippen molar-refractivity contribution >= 4 is 11.8 Å². The van der Waals surface area contributed by atoms with Crippen LogP contribution in [0.25, 0.3) is 0 Å². The highest BCUT2D eigenvalue weighted by molar-refractivity contribution is 5.89. The number of hydrogen-bond donors (Lipinski definition) is 0. The van der Waals surface area contributed by atoms with Gasteiger partial charge >= 0.3 is 5.97 Å². The summed E-state index contributed by atoms with van der Waals surface area (Å²) in [6.45, 7) is 10.4. The zero-order chi connectivity index (χ0) is 18.0. The van der Waals surface area contributed by atoms with Gasteiger partial charge in [0.25, 0.3) is 0 Å². The number of rotatable bonds is 4. The molecule has 4 atom stereocenters. The first-order valence-corrected chi connectivity index (χ1v) is 8.93. The van der Waals surface area contributed by atoms with Crippen molar-refractivity contribution in [2.45, 2.75) is 53.9 Å². The van der Waals surface area contributed by atoms with Gasteiger partial charge in [-0.05, 0) is 62.1 Å². The predicted octanol–water partition coefficient (Wildman–Crippen LogP) is 4.19. The number of benzene rings is 1. The Kier molecular flexibility index (Phi) is 5.84. The molecule has 0 heterocycles. The number of carbonyl (C=O) groups is 2. The molecule has 1 aromatic rings. The number of carbonyl (C=O) groups excluding carboxylic acids is 2. The summed E-state index contributed by atoms with van der Waals surface area (Å²) in [7, 11) is 1.42. The molecule has 0 N–H and O–H groups in total. The molecular formula is C21H30O3. The maximum atomic E-state index is 13.0. The average molecular weight is 330 g/mol. The Hall–Kier alpha value is -1.64. The molecule has 1 saturated carbocycles. The van der Waals surface area contributed by atoms with Crippen LogP contribution in [0.2, 0.25) is 0 Å². The van der Waals surface area contributed by atoms with Gasteiger partial charge in [-0.25, -0.2) is 0 Å². The molecule has 0 radical (unpaired) electrons. The number of esters is 1. The van der Waals surface area contributed by atoms with Crippen LogP contribution >= 0.6 is 0 Å². The van der Waals surface area contributed by atoms with Crippen LogP contribution in [-0.2, 0) is 20.7 Å². The lowest BCUT2D eigenvalue weighted by Gasteiger charge is -2.38. The van der Waals surface area contributed by atoms with Crippen molar-refractivity contribution in [3.8, 4) is 0 Å². The van der Waals surface area contributed by atoms with Gasteiger partial charge in [0.15, 0.2) is 0 Å². The van der Waals surface area contributed by atoms with Crippen LogP contribution in [0, 0.1) is 44.4 Å². The van der Waals surface area contributed by atoms with Crippen molar-refractivity contribution < 1.29 is 14.3 Å². The van der Waals surface area contributed by atoms with Crippen molar-refractivity contribution in [3.63, 3.8) is 0 Å². The van der Waals surface area contributed by atoms with E-state index in [0.717, 1.165) is 29.5 Å². The Labute approximate surface area is 145 Å². The standard InChI is InChI=1S/C21H30O3/c1-12-9-14(3)18(15(4)10-12)11-19(22)17-8-7-13(2)16(5)20(17)21(23)24-6/h9-10,13,16-17,20H,7-8,11H2,1-6H3. The molecule has 0 aliphatic heterocycles. The van der Waals surface area contributed by atoms with E-state index < -0.39 is 0 Å². The first-order valence-electron chi connectivity index (χ1n) is 8.93. The number of ketones is 1. The molecule has 24 heavy (non-hydrogen) atoms. The van der Waals surface area contributed by atoms with Gasteiger partial charge in [0, 0.05) is 12.3 Å². The third-order valence-corrected chi connectivity index (χ3v) is 5.91. The van der Waals surface area contributed by atoms with Crippen LogP contribution in [0.4, 0.5) is 0 Å². The van der Waals surface area contributed by atoms with E-state index in [0.29, 0.717) is 12.3 Å². The molecule has 0 amide bonds. The van der Waals surface area contributed by atoms with Crippen LogP contribution in [0.15, 0.2) is 12.1 Å². The molecule has 1 fully saturated rings. The van der Waals surface area contributed by atoms with Gasteiger partial charge in [0.2, 0.25) is 0 Å². The molecule has 132 valence electrons. The Morgan fingerprint density at radius 2 is 1.67 bits per heavy atom. The SMILES string of the molecule is COC(=O)C1C(C(=O)Cc2c(C)cc(C)cc2C)CCC(C)C1C. The van der Waals surface area contributed by atoms with E-state index in [-0.39, 0.29) is 29.5 Å². The first kappa shape index (κ1) is 18.7. The van der Waals surface area contributed by atoms with Gasteiger partial charge in [0.05, 0.1) is 13.0 Å². The molecule has 1 aliphatic rings. The fourth-order valence-corrected chi connectivity index (χ4v) is 4.28. The Morgan fingerprint density at radius 1 is 1.08 bits per heavy atom. The van der Waals surface area contributed by atoms with Crippen LogP contribution < -0.4 is 0 Å². The second kappa shape index (κ2) is 7.50. The van der Waals surface area contributed by atoms with Gasteiger partial charge in [-0.15, -0.1) is 0 Å². The summed E-state index contributed by atoms with van der Waals surface area (Å²) < 4.78 is 5.01. The maximum absolute atomic E-state index is 13.0. The number of methoxy groups -OCH3 is 1. The molecule has 2 rings (SSSR count). The van der Waals surface area contributed by atoms with Crippen LogP contribution in [0.1, 0.15) is 48.9 Å². The third kappa shape index (κ3) is 3.71. The molecule has 0 saturated heterocycles. The highest BCUT2D eigenvalue weighted by Crippen LogP contribution is 2.40. The highest BCUT2D eigenvalue weighted by Gasteiger charge is 2.43. The quantitative estimate of drug-likeness (QED) is 0.777. The second-order valence-electron chi connectivity index (χ2n) is 7.59. The number of aryl methyl sites for hydroxylation is 3. The smallest absolute Gasteiger partial charge is 0.309 e. The van der Waals surface area contributed by atoms with Crippen molar-refractivity contribution in [3.05, 3.63) is 34.4 Å². The summed E-state index contributed by atoms with van der Waals surface area (Å²) in [6.07, 6.45) is 2.20. The molecule has 3 heteroatoms. The van der Waals surface area contributed by atoms with E-state index in [1.165, 1.54) is 12.7 Å². The van der Waals surface area contributed by atoms with Crippen molar-refractivity contribution in [2.24, 2.45) is 23.7 Å². The second-order valence-corrected chi connectivity index (χ2v) is 7.59. The summed E-state index contributed by atoms with van der Waals surface area (Å²) in [6, 6.07) is 4.25. The minimum atomic E-state index is -0.308. The van der Waals surface area contributed by atoms with Gasteiger partial charge < -0.3 is 4.74 Å². The lowest BCUT2D eigenvalue weighted by atomic mass is 9.66. The highest BCUT2D eigenvalue weighted by atomic mass is 16.5. The van der Waals surface area contributed by atoms with Gasteiger partial charge in [-0.3, -0.25) is 9.59 Å². The minimum absolute atomic E-state index is 0.180. The van der Waals surface area contributed by atoms with Gasteiger partial charge in [-0.2, -0.15) is 0 Å². The monoisotopic (exact) mass is 330 g/mol. The van der Waals surface area contributed by atoms with Crippen LogP contribution in [0.3, 0.4) is 0 Å². The summed E-state index contributed by atoms with van der Waals surface area (Å²) in [5.41, 5.74) is 4.65. The van der Waals surface area contributed by atoms with Crippen LogP contribution in [-0.4, -0.2) is 18.9 Å². The van der Waals surface area contributed by atoms with E-state index in [2.05, 4.69) is 46.8 Å². The predicted molar refractivity (Wildman–Crippen MR) is 95.9 cm³/mol. The maximum Gasteiger partial charge on any atom is 0.309 e. The zero-order valence-corrected chi connectivity index (χ0v) is 15.8. The lowest BCUT2D eigenvalue weighted by Crippen LogP contribution is -2.42. The summed E-state index contributed by atoms with van der Waals surface area (Å²) in [5, 5.41) is 0. The zero-order valence-electron chi connectivity index (χ0n) is 15.8. The normalized spacial score (nSPS) is 26.9. The van der Waals surface area contributed by atoms with E-state index >= 15 is 0 Å². The number of Topliss-reactive ketones (excluding diaryl/α,β-unsaturated/α-hetero) is 1. The van der Waals surface area contributed by atoms with Crippen molar-refractivity contribution in [1.82, 2.24) is 0 Å². The lowest BCUT2D eigenvalue weighted by molar-refractivity contribution is -0.155. The Balaban J connectivity index is 2.26. The van der Waals surface area contributed by atoms with E-state index in [9.17, 15) is 9.59 Å². The van der Waals surface area contributed by atoms with E-state index in [1.54, 1.807) is 0 Å². The van der Waals surface area contributed by atoms with Crippen molar-refractivity contribution in [2.75, 3.05) is 7.11 Å². The van der Waals surface area contributed by atoms with E-state index in [1.807, 2.05) is 0 Å². The van der Waals surface area contributed by atoms with Gasteiger partial charge in [0.1, 0.15) is 5.78 Å². The molecular weight excluding hydrogens is 300 g/mol. The summed E-state index contributed by atoms with van der Waals surface area (Å²) >= 11 is 0. The largest absolute Gasteiger partial charge is 0.469 e. The topological polar surface area (TPSA) is 43.4 Å². The molecule has 0 aromatic heterocycles. The minimum Gasteiger partial charge on any atom is -0.469 e. The van der Waals surface area contributed by atoms with E-state index in [4.69, 9.17) is 4.74 Å². The summed E-state index contributed by atoms with van der Waals surface area (Å²) in [5.74, 6) is 0.0476. The average Bonchev–Trinajstić information content (AvgIpc) is 2.52. The number of hydrogen-bond acceptors (Lipinski definition) is 3. The molecule has 3 nitrogen and oxygen atoms in total. The van der Waals surface area contributed by atoms with Gasteiger partial charge in [-0.1, -0.05) is 31.5 Å². The number of ether oxygens (including phenoxy) is 1. The molecule has 0 bridgehead atoms. The molecule has 0 spiro atoms.